The van der Waals surface area contributed by atoms with E-state index in [2.05, 4.69) is 9.71 Å². The predicted molar refractivity (Wildman–Crippen MR) is 74.0 cm³/mol. The van der Waals surface area contributed by atoms with E-state index >= 15 is 0 Å². The van der Waals surface area contributed by atoms with Gasteiger partial charge < -0.3 is 10.3 Å². The highest BCUT2D eigenvalue weighted by Gasteiger charge is 2.20. The van der Waals surface area contributed by atoms with Crippen molar-refractivity contribution in [2.45, 2.75) is 4.90 Å². The average molecular weight is 315 g/mol. The van der Waals surface area contributed by atoms with E-state index in [1.165, 1.54) is 42.2 Å². The molecular weight excluding hydrogens is 304 g/mol. The zero-order valence-electron chi connectivity index (χ0n) is 10.4. The quantitative estimate of drug-likeness (QED) is 0.876. The number of amides is 1. The van der Waals surface area contributed by atoms with Gasteiger partial charge in [-0.05, 0) is 12.1 Å². The van der Waals surface area contributed by atoms with Gasteiger partial charge in [-0.3, -0.25) is 9.52 Å². The molecule has 0 aliphatic rings. The molecule has 20 heavy (non-hydrogen) atoms. The lowest BCUT2D eigenvalue weighted by Gasteiger charge is -2.05. The highest BCUT2D eigenvalue weighted by molar-refractivity contribution is 7.92. The van der Waals surface area contributed by atoms with Gasteiger partial charge in [-0.1, -0.05) is 11.6 Å². The third-order valence-electron chi connectivity index (χ3n) is 2.50. The molecule has 0 unspecified atom stereocenters. The molecule has 0 saturated carbocycles. The Bertz CT molecular complexity index is 770. The predicted octanol–water partition coefficient (Wildman–Crippen LogP) is 0.973. The average Bonchev–Trinajstić information content (AvgIpc) is 2.71. The molecule has 3 N–H and O–H groups in total. The number of carbonyl (C=O) groups excluding carboxylic acids is 1. The van der Waals surface area contributed by atoms with Crippen LogP contribution < -0.4 is 10.5 Å². The summed E-state index contributed by atoms with van der Waals surface area (Å²) in [7, 11) is -2.34. The van der Waals surface area contributed by atoms with Crippen LogP contribution in [0.15, 0.2) is 35.5 Å². The number of halogens is 1. The van der Waals surface area contributed by atoms with Gasteiger partial charge in [0.1, 0.15) is 16.4 Å². The number of nitrogens with two attached hydrogens (primary N) is 1. The maximum Gasteiger partial charge on any atom is 0.265 e. The Balaban J connectivity index is 2.36. The summed E-state index contributed by atoms with van der Waals surface area (Å²) < 4.78 is 27.9. The SMILES string of the molecule is Cn1cc(S(=O)(=O)Nc2cc(Cl)ccn2)cc1C(N)=O. The number of sulfonamides is 1. The first kappa shape index (κ1) is 14.4. The van der Waals surface area contributed by atoms with E-state index in [1.54, 1.807) is 0 Å². The molecule has 2 aromatic rings. The van der Waals surface area contributed by atoms with E-state index in [-0.39, 0.29) is 16.4 Å². The molecule has 1 amide bonds. The number of nitrogens with zero attached hydrogens (tertiary/aromatic N) is 2. The fraction of sp³-hybridized carbons (Fsp3) is 0.0909. The van der Waals surface area contributed by atoms with E-state index in [0.717, 1.165) is 0 Å². The van der Waals surface area contributed by atoms with Gasteiger partial charge in [0, 0.05) is 30.5 Å². The van der Waals surface area contributed by atoms with Crippen molar-refractivity contribution >= 4 is 33.3 Å². The van der Waals surface area contributed by atoms with Crippen molar-refractivity contribution in [2.24, 2.45) is 12.8 Å². The van der Waals surface area contributed by atoms with Gasteiger partial charge in [0.15, 0.2) is 0 Å². The van der Waals surface area contributed by atoms with Crippen molar-refractivity contribution in [1.29, 1.82) is 0 Å². The van der Waals surface area contributed by atoms with Gasteiger partial charge in [-0.2, -0.15) is 0 Å². The molecule has 106 valence electrons. The van der Waals surface area contributed by atoms with E-state index in [4.69, 9.17) is 17.3 Å². The zero-order valence-corrected chi connectivity index (χ0v) is 11.9. The first-order valence-corrected chi connectivity index (χ1v) is 7.26. The summed E-state index contributed by atoms with van der Waals surface area (Å²) in [6.45, 7) is 0. The summed E-state index contributed by atoms with van der Waals surface area (Å²) in [5.41, 5.74) is 5.23. The van der Waals surface area contributed by atoms with Crippen LogP contribution in [0.5, 0.6) is 0 Å². The molecule has 9 heteroatoms. The summed E-state index contributed by atoms with van der Waals surface area (Å²) in [4.78, 5) is 14.9. The van der Waals surface area contributed by atoms with Crippen molar-refractivity contribution in [3.63, 3.8) is 0 Å². The van der Waals surface area contributed by atoms with E-state index in [1.807, 2.05) is 0 Å². The number of aryl methyl sites for hydroxylation is 1. The number of nitrogens with one attached hydrogen (secondary N) is 1. The fourth-order valence-corrected chi connectivity index (χ4v) is 2.81. The van der Waals surface area contributed by atoms with Crippen LogP contribution in [0.1, 0.15) is 10.5 Å². The summed E-state index contributed by atoms with van der Waals surface area (Å²) in [6.07, 6.45) is 2.66. The van der Waals surface area contributed by atoms with Crippen LogP contribution in [0.4, 0.5) is 5.82 Å². The van der Waals surface area contributed by atoms with Gasteiger partial charge in [-0.25, -0.2) is 13.4 Å². The van der Waals surface area contributed by atoms with Crippen molar-refractivity contribution in [1.82, 2.24) is 9.55 Å². The Morgan fingerprint density at radius 3 is 2.70 bits per heavy atom. The second kappa shape index (κ2) is 5.14. The van der Waals surface area contributed by atoms with E-state index < -0.39 is 15.9 Å². The summed E-state index contributed by atoms with van der Waals surface area (Å²) in [5.74, 6) is -0.628. The molecule has 2 rings (SSSR count). The second-order valence-electron chi connectivity index (χ2n) is 4.00. The van der Waals surface area contributed by atoms with E-state index in [9.17, 15) is 13.2 Å². The summed E-state index contributed by atoms with van der Waals surface area (Å²) in [5, 5.41) is 0.351. The Kier molecular flexibility index (Phi) is 3.69. The summed E-state index contributed by atoms with van der Waals surface area (Å²) >= 11 is 5.75. The highest BCUT2D eigenvalue weighted by atomic mass is 35.5. The third kappa shape index (κ3) is 2.91. The molecule has 0 aromatic carbocycles. The van der Waals surface area contributed by atoms with Crippen LogP contribution in [0.25, 0.3) is 0 Å². The minimum absolute atomic E-state index is 0.0852. The van der Waals surface area contributed by atoms with Gasteiger partial charge >= 0.3 is 0 Å². The fourth-order valence-electron chi connectivity index (χ4n) is 1.58. The van der Waals surface area contributed by atoms with Crippen LogP contribution in [0.2, 0.25) is 5.02 Å². The first-order chi connectivity index (χ1) is 9.29. The second-order valence-corrected chi connectivity index (χ2v) is 6.12. The smallest absolute Gasteiger partial charge is 0.265 e. The first-order valence-electron chi connectivity index (χ1n) is 5.40. The number of carbonyl (C=O) groups is 1. The van der Waals surface area contributed by atoms with Crippen molar-refractivity contribution < 1.29 is 13.2 Å². The normalized spacial score (nSPS) is 11.3. The minimum atomic E-state index is -3.87. The molecule has 0 aliphatic carbocycles. The molecule has 0 saturated heterocycles. The van der Waals surface area contributed by atoms with Gasteiger partial charge in [0.05, 0.1) is 0 Å². The van der Waals surface area contributed by atoms with Crippen LogP contribution in [0, 0.1) is 0 Å². The van der Waals surface area contributed by atoms with Crippen LogP contribution in [-0.4, -0.2) is 23.9 Å². The molecule has 0 atom stereocenters. The molecule has 2 heterocycles. The topological polar surface area (TPSA) is 107 Å². The monoisotopic (exact) mass is 314 g/mol. The molecule has 0 bridgehead atoms. The standard InChI is InChI=1S/C11H11ClN4O3S/c1-16-6-8(5-9(16)11(13)17)20(18,19)15-10-4-7(12)2-3-14-10/h2-6H,1H3,(H2,13,17)(H,14,15). The maximum atomic E-state index is 12.1. The number of primary amides is 1. The lowest BCUT2D eigenvalue weighted by Crippen LogP contribution is -2.14. The highest BCUT2D eigenvalue weighted by Crippen LogP contribution is 2.18. The number of anilines is 1. The number of hydrogen-bond acceptors (Lipinski definition) is 4. The maximum absolute atomic E-state index is 12.1. The molecule has 0 radical (unpaired) electrons. The van der Waals surface area contributed by atoms with Crippen molar-refractivity contribution in [2.75, 3.05) is 4.72 Å². The van der Waals surface area contributed by atoms with E-state index in [0.29, 0.717) is 5.02 Å². The Hall–Kier alpha value is -2.06. The minimum Gasteiger partial charge on any atom is -0.364 e. The zero-order chi connectivity index (χ0) is 14.9. The third-order valence-corrected chi connectivity index (χ3v) is 4.06. The molecule has 2 aromatic heterocycles. The molecule has 0 fully saturated rings. The van der Waals surface area contributed by atoms with Crippen molar-refractivity contribution in [3.8, 4) is 0 Å². The number of pyridine rings is 1. The molecule has 0 spiro atoms. The van der Waals surface area contributed by atoms with Gasteiger partial charge in [0.25, 0.3) is 15.9 Å². The Labute approximate surface area is 120 Å². The number of hydrogen-bond donors (Lipinski definition) is 2. The van der Waals surface area contributed by atoms with Crippen molar-refractivity contribution in [3.05, 3.63) is 41.3 Å². The molecule has 0 aliphatic heterocycles. The van der Waals surface area contributed by atoms with Crippen LogP contribution >= 0.6 is 11.6 Å². The Morgan fingerprint density at radius 2 is 2.15 bits per heavy atom. The molecular formula is C11H11ClN4O3S. The number of aromatic nitrogens is 2. The van der Waals surface area contributed by atoms with Gasteiger partial charge in [0.2, 0.25) is 0 Å². The Morgan fingerprint density at radius 1 is 1.45 bits per heavy atom. The lowest BCUT2D eigenvalue weighted by atomic mass is 10.4. The molecule has 7 nitrogen and oxygen atoms in total. The van der Waals surface area contributed by atoms with Crippen LogP contribution in [0.3, 0.4) is 0 Å². The number of rotatable bonds is 4. The largest absolute Gasteiger partial charge is 0.364 e. The van der Waals surface area contributed by atoms with Crippen LogP contribution in [-0.2, 0) is 17.1 Å². The lowest BCUT2D eigenvalue weighted by molar-refractivity contribution is 0.0992. The van der Waals surface area contributed by atoms with Gasteiger partial charge in [-0.15, -0.1) is 0 Å². The summed E-state index contributed by atoms with van der Waals surface area (Å²) in [6, 6.07) is 4.08.